The first-order valence-corrected chi connectivity index (χ1v) is 5.84. The zero-order chi connectivity index (χ0) is 13.8. The average molecular weight is 264 g/mol. The Kier molecular flexibility index (Phi) is 3.85. The summed E-state index contributed by atoms with van der Waals surface area (Å²) in [4.78, 5) is 15.8. The van der Waals surface area contributed by atoms with E-state index < -0.39 is 6.10 Å². The van der Waals surface area contributed by atoms with E-state index in [2.05, 4.69) is 30.4 Å². The van der Waals surface area contributed by atoms with Gasteiger partial charge in [0.1, 0.15) is 12.7 Å². The minimum absolute atomic E-state index is 0.0713. The van der Waals surface area contributed by atoms with Gasteiger partial charge in [-0.25, -0.2) is 4.98 Å². The maximum Gasteiger partial charge on any atom is 0.258 e. The lowest BCUT2D eigenvalue weighted by molar-refractivity contribution is 0.137. The molecule has 1 unspecified atom stereocenters. The molecule has 19 heavy (non-hydrogen) atoms. The Labute approximate surface area is 109 Å². The Hall–Kier alpha value is -2.29. The molecule has 0 fully saturated rings. The predicted octanol–water partition coefficient (Wildman–Crippen LogP) is -0.537. The van der Waals surface area contributed by atoms with E-state index in [1.54, 1.807) is 0 Å². The molecule has 9 nitrogen and oxygen atoms in total. The molecule has 0 saturated heterocycles. The highest BCUT2D eigenvalue weighted by molar-refractivity contribution is 5.34. The molecule has 0 saturated carbocycles. The minimum atomic E-state index is -0.493. The molecular formula is C10H16N8O. The minimum Gasteiger partial charge on any atom is -0.391 e. The lowest BCUT2D eigenvalue weighted by Gasteiger charge is -2.15. The molecule has 2 aromatic rings. The van der Waals surface area contributed by atoms with Crippen LogP contribution >= 0.6 is 0 Å². The highest BCUT2D eigenvalue weighted by Gasteiger charge is 2.11. The third kappa shape index (κ3) is 3.35. The molecule has 0 bridgehead atoms. The maximum atomic E-state index is 9.72. The highest BCUT2D eigenvalue weighted by Crippen LogP contribution is 2.07. The SMILES string of the molecule is CC(C)C(O)CNc1nc(N)nc(-n2cncn2)n1. The number of nitrogens with two attached hydrogens (primary N) is 1. The summed E-state index contributed by atoms with van der Waals surface area (Å²) >= 11 is 0. The molecule has 0 aliphatic carbocycles. The van der Waals surface area contributed by atoms with Crippen molar-refractivity contribution in [2.75, 3.05) is 17.6 Å². The Morgan fingerprint density at radius 2 is 2.16 bits per heavy atom. The van der Waals surface area contributed by atoms with Crippen LogP contribution in [0.15, 0.2) is 12.7 Å². The average Bonchev–Trinajstić information content (AvgIpc) is 2.89. The van der Waals surface area contributed by atoms with Crippen LogP contribution in [0.4, 0.5) is 11.9 Å². The summed E-state index contributed by atoms with van der Waals surface area (Å²) in [6.45, 7) is 4.18. The van der Waals surface area contributed by atoms with Crippen LogP contribution in [-0.4, -0.2) is 47.5 Å². The normalized spacial score (nSPS) is 12.6. The number of anilines is 2. The van der Waals surface area contributed by atoms with Gasteiger partial charge in [0, 0.05) is 6.54 Å². The second-order valence-corrected chi connectivity index (χ2v) is 4.35. The van der Waals surface area contributed by atoms with Gasteiger partial charge in [-0.1, -0.05) is 13.8 Å². The molecule has 0 spiro atoms. The summed E-state index contributed by atoms with van der Waals surface area (Å²) < 4.78 is 1.38. The molecule has 2 rings (SSSR count). The second kappa shape index (κ2) is 5.57. The van der Waals surface area contributed by atoms with Crippen molar-refractivity contribution in [2.45, 2.75) is 20.0 Å². The van der Waals surface area contributed by atoms with E-state index in [0.717, 1.165) is 0 Å². The van der Waals surface area contributed by atoms with Crippen molar-refractivity contribution in [1.29, 1.82) is 0 Å². The molecule has 2 heterocycles. The molecule has 2 aromatic heterocycles. The third-order valence-electron chi connectivity index (χ3n) is 2.50. The Morgan fingerprint density at radius 3 is 2.79 bits per heavy atom. The summed E-state index contributed by atoms with van der Waals surface area (Å²) in [5.41, 5.74) is 5.61. The molecule has 0 amide bonds. The molecule has 0 radical (unpaired) electrons. The largest absolute Gasteiger partial charge is 0.391 e. The number of aliphatic hydroxyl groups is 1. The fourth-order valence-corrected chi connectivity index (χ4v) is 1.31. The number of nitrogens with zero attached hydrogens (tertiary/aromatic N) is 6. The van der Waals surface area contributed by atoms with Gasteiger partial charge >= 0.3 is 0 Å². The van der Waals surface area contributed by atoms with Crippen molar-refractivity contribution in [3.63, 3.8) is 0 Å². The standard InChI is InChI=1S/C10H16N8O/c1-6(2)7(19)3-13-9-15-8(11)16-10(17-9)18-5-12-4-14-18/h4-7,19H,3H2,1-2H3,(H3,11,13,15,16,17). The maximum absolute atomic E-state index is 9.72. The molecule has 0 aliphatic rings. The van der Waals surface area contributed by atoms with Crippen LogP contribution in [0.5, 0.6) is 0 Å². The van der Waals surface area contributed by atoms with E-state index in [-0.39, 0.29) is 23.8 Å². The van der Waals surface area contributed by atoms with Crippen molar-refractivity contribution < 1.29 is 5.11 Å². The van der Waals surface area contributed by atoms with Crippen LogP contribution in [0.2, 0.25) is 0 Å². The van der Waals surface area contributed by atoms with E-state index >= 15 is 0 Å². The van der Waals surface area contributed by atoms with Crippen molar-refractivity contribution in [3.8, 4) is 5.95 Å². The molecule has 1 atom stereocenters. The number of nitrogen functional groups attached to an aromatic ring is 1. The zero-order valence-electron chi connectivity index (χ0n) is 10.7. The van der Waals surface area contributed by atoms with Gasteiger partial charge < -0.3 is 16.2 Å². The van der Waals surface area contributed by atoms with Gasteiger partial charge in [-0.15, -0.1) is 0 Å². The van der Waals surface area contributed by atoms with Crippen molar-refractivity contribution in [3.05, 3.63) is 12.7 Å². The Balaban J connectivity index is 2.13. The van der Waals surface area contributed by atoms with Crippen molar-refractivity contribution >= 4 is 11.9 Å². The second-order valence-electron chi connectivity index (χ2n) is 4.35. The number of nitrogens with one attached hydrogen (secondary N) is 1. The highest BCUT2D eigenvalue weighted by atomic mass is 16.3. The van der Waals surface area contributed by atoms with E-state index in [1.807, 2.05) is 13.8 Å². The summed E-state index contributed by atoms with van der Waals surface area (Å²) in [6.07, 6.45) is 2.34. The van der Waals surface area contributed by atoms with Gasteiger partial charge in [0.05, 0.1) is 6.10 Å². The fraction of sp³-hybridized carbons (Fsp3) is 0.500. The predicted molar refractivity (Wildman–Crippen MR) is 68.5 cm³/mol. The Bertz CT molecular complexity index is 526. The molecule has 0 aromatic carbocycles. The Morgan fingerprint density at radius 1 is 1.37 bits per heavy atom. The number of aliphatic hydroxyl groups excluding tert-OH is 1. The van der Waals surface area contributed by atoms with E-state index in [4.69, 9.17) is 5.73 Å². The van der Waals surface area contributed by atoms with E-state index in [1.165, 1.54) is 17.3 Å². The van der Waals surface area contributed by atoms with Gasteiger partial charge in [-0.3, -0.25) is 0 Å². The van der Waals surface area contributed by atoms with Crippen LogP contribution in [-0.2, 0) is 0 Å². The first-order valence-electron chi connectivity index (χ1n) is 5.84. The number of hydrogen-bond acceptors (Lipinski definition) is 8. The monoisotopic (exact) mass is 264 g/mol. The third-order valence-corrected chi connectivity index (χ3v) is 2.50. The van der Waals surface area contributed by atoms with Gasteiger partial charge in [-0.05, 0) is 5.92 Å². The number of hydrogen-bond donors (Lipinski definition) is 3. The lowest BCUT2D eigenvalue weighted by Crippen LogP contribution is -2.26. The first kappa shape index (κ1) is 13.1. The van der Waals surface area contributed by atoms with Gasteiger partial charge in [-0.2, -0.15) is 24.7 Å². The number of rotatable bonds is 5. The topological polar surface area (TPSA) is 128 Å². The van der Waals surface area contributed by atoms with Crippen LogP contribution in [0.25, 0.3) is 5.95 Å². The van der Waals surface area contributed by atoms with Crippen molar-refractivity contribution in [1.82, 2.24) is 29.7 Å². The lowest BCUT2D eigenvalue weighted by atomic mass is 10.1. The molecule has 0 aliphatic heterocycles. The van der Waals surface area contributed by atoms with Crippen LogP contribution in [0.1, 0.15) is 13.8 Å². The summed E-state index contributed by atoms with van der Waals surface area (Å²) in [5, 5.41) is 16.5. The smallest absolute Gasteiger partial charge is 0.258 e. The first-order chi connectivity index (χ1) is 9.06. The van der Waals surface area contributed by atoms with Crippen LogP contribution < -0.4 is 11.1 Å². The van der Waals surface area contributed by atoms with E-state index in [9.17, 15) is 5.11 Å². The van der Waals surface area contributed by atoms with E-state index in [0.29, 0.717) is 6.54 Å². The molecule has 4 N–H and O–H groups in total. The fourth-order valence-electron chi connectivity index (χ4n) is 1.31. The van der Waals surface area contributed by atoms with Gasteiger partial charge in [0.25, 0.3) is 5.95 Å². The van der Waals surface area contributed by atoms with Gasteiger partial charge in [0.2, 0.25) is 11.9 Å². The zero-order valence-corrected chi connectivity index (χ0v) is 10.7. The van der Waals surface area contributed by atoms with Crippen LogP contribution in [0.3, 0.4) is 0 Å². The number of aromatic nitrogens is 6. The summed E-state index contributed by atoms with van der Waals surface area (Å²) in [7, 11) is 0. The van der Waals surface area contributed by atoms with Gasteiger partial charge in [0.15, 0.2) is 0 Å². The molecule has 9 heteroatoms. The van der Waals surface area contributed by atoms with Crippen molar-refractivity contribution in [2.24, 2.45) is 5.92 Å². The molecular weight excluding hydrogens is 248 g/mol. The quantitative estimate of drug-likeness (QED) is 0.657. The molecule has 102 valence electrons. The van der Waals surface area contributed by atoms with Crippen LogP contribution in [0, 0.1) is 5.92 Å². The summed E-state index contributed by atoms with van der Waals surface area (Å²) in [5.74, 6) is 0.771. The summed E-state index contributed by atoms with van der Waals surface area (Å²) in [6, 6.07) is 0.